The highest BCUT2D eigenvalue weighted by Gasteiger charge is 2.68. The maximum atomic E-state index is 12.6. The number of esters is 1. The zero-order valence-corrected chi connectivity index (χ0v) is 15.9. The molecule has 7 rings (SSSR count). The van der Waals surface area contributed by atoms with Gasteiger partial charge < -0.3 is 4.74 Å². The van der Waals surface area contributed by atoms with Crippen molar-refractivity contribution < 1.29 is 9.53 Å². The molecular formula is C22H34O2. The quantitative estimate of drug-likeness (QED) is 0.673. The standard InChI is InChI=1S/C22H34O2/c1-5-21(3,4)20(23)24-12(2)22-9-17-14-6-13-7-15(17)19(11-22)16(8-13)18(14)10-22/h12-19H,5-11H2,1-4H3. The number of hydrogen-bond donors (Lipinski definition) is 0. The Morgan fingerprint density at radius 1 is 1.00 bits per heavy atom. The minimum atomic E-state index is -0.339. The van der Waals surface area contributed by atoms with Gasteiger partial charge in [0.05, 0.1) is 5.41 Å². The molecule has 7 aliphatic rings. The van der Waals surface area contributed by atoms with Crippen molar-refractivity contribution in [2.24, 2.45) is 52.3 Å². The Morgan fingerprint density at radius 2 is 1.46 bits per heavy atom. The highest BCUT2D eigenvalue weighted by Crippen LogP contribution is 2.74. The third-order valence-corrected chi connectivity index (χ3v) is 9.63. The number of ether oxygens (including phenoxy) is 1. The Bertz CT molecular complexity index is 502. The van der Waals surface area contributed by atoms with Crippen LogP contribution in [-0.2, 0) is 9.53 Å². The van der Waals surface area contributed by atoms with Gasteiger partial charge in [-0.1, -0.05) is 6.92 Å². The number of rotatable bonds is 4. The van der Waals surface area contributed by atoms with E-state index in [4.69, 9.17) is 4.74 Å². The zero-order chi connectivity index (χ0) is 16.9. The van der Waals surface area contributed by atoms with Crippen LogP contribution in [0.25, 0.3) is 0 Å². The molecule has 1 atom stereocenters. The van der Waals surface area contributed by atoms with E-state index in [2.05, 4.69) is 13.8 Å². The highest BCUT2D eigenvalue weighted by molar-refractivity contribution is 5.76. The van der Waals surface area contributed by atoms with Crippen LogP contribution in [0.2, 0.25) is 0 Å². The van der Waals surface area contributed by atoms with E-state index >= 15 is 0 Å². The Balaban J connectivity index is 1.39. The molecule has 134 valence electrons. The molecule has 1 unspecified atom stereocenters. The molecule has 2 nitrogen and oxygen atoms in total. The van der Waals surface area contributed by atoms with Crippen LogP contribution in [0.5, 0.6) is 0 Å². The van der Waals surface area contributed by atoms with Crippen molar-refractivity contribution in [3.63, 3.8) is 0 Å². The van der Waals surface area contributed by atoms with Crippen LogP contribution in [0.4, 0.5) is 0 Å². The van der Waals surface area contributed by atoms with Crippen LogP contribution in [0.1, 0.15) is 72.6 Å². The van der Waals surface area contributed by atoms with Crippen molar-refractivity contribution in [1.29, 1.82) is 0 Å². The molecule has 0 amide bonds. The minimum Gasteiger partial charge on any atom is -0.462 e. The lowest BCUT2D eigenvalue weighted by molar-refractivity contribution is -0.255. The van der Waals surface area contributed by atoms with Crippen LogP contribution in [0.15, 0.2) is 0 Å². The summed E-state index contributed by atoms with van der Waals surface area (Å²) in [4.78, 5) is 12.6. The van der Waals surface area contributed by atoms with E-state index in [1.54, 1.807) is 0 Å². The fourth-order valence-electron chi connectivity index (χ4n) is 8.05. The van der Waals surface area contributed by atoms with E-state index < -0.39 is 0 Å². The van der Waals surface area contributed by atoms with Gasteiger partial charge >= 0.3 is 5.97 Å². The minimum absolute atomic E-state index is 0.0251. The molecule has 2 heteroatoms. The number of carbonyl (C=O) groups excluding carboxylic acids is 1. The van der Waals surface area contributed by atoms with Crippen molar-refractivity contribution in [2.75, 3.05) is 0 Å². The summed E-state index contributed by atoms with van der Waals surface area (Å²) < 4.78 is 6.12. The molecule has 0 N–H and O–H groups in total. The summed E-state index contributed by atoms with van der Waals surface area (Å²) in [5, 5.41) is 0. The average Bonchev–Trinajstić information content (AvgIpc) is 2.58. The van der Waals surface area contributed by atoms with Crippen molar-refractivity contribution in [3.05, 3.63) is 0 Å². The van der Waals surface area contributed by atoms with Crippen molar-refractivity contribution in [1.82, 2.24) is 0 Å². The Morgan fingerprint density at radius 3 is 1.88 bits per heavy atom. The fraction of sp³-hybridized carbons (Fsp3) is 0.955. The SMILES string of the molecule is CCC(C)(C)C(=O)OC(C)C12CC3C4CC5CC3C(C1)C(C5)C4C2. The normalized spacial score (nSPS) is 51.9. The van der Waals surface area contributed by atoms with Gasteiger partial charge in [0.1, 0.15) is 6.10 Å². The van der Waals surface area contributed by atoms with Crippen LogP contribution in [0.3, 0.4) is 0 Å². The van der Waals surface area contributed by atoms with Gasteiger partial charge in [0, 0.05) is 5.41 Å². The second-order valence-corrected chi connectivity index (χ2v) is 10.8. The summed E-state index contributed by atoms with van der Waals surface area (Å²) in [7, 11) is 0. The maximum absolute atomic E-state index is 12.6. The molecule has 7 fully saturated rings. The molecule has 0 saturated heterocycles. The fourth-order valence-corrected chi connectivity index (χ4v) is 8.05. The first-order valence-electron chi connectivity index (χ1n) is 10.6. The van der Waals surface area contributed by atoms with Crippen LogP contribution in [0, 0.1) is 52.3 Å². The van der Waals surface area contributed by atoms with Gasteiger partial charge in [-0.05, 0) is 107 Å². The van der Waals surface area contributed by atoms with Crippen LogP contribution >= 0.6 is 0 Å². The third-order valence-electron chi connectivity index (χ3n) is 9.63. The molecule has 0 radical (unpaired) electrons. The van der Waals surface area contributed by atoms with Gasteiger partial charge in [0.2, 0.25) is 0 Å². The summed E-state index contributed by atoms with van der Waals surface area (Å²) in [5.74, 6) is 7.10. The van der Waals surface area contributed by atoms with E-state index in [1.165, 1.54) is 38.5 Å². The van der Waals surface area contributed by atoms with Crippen molar-refractivity contribution in [3.8, 4) is 0 Å². The number of hydrogen-bond acceptors (Lipinski definition) is 2. The summed E-state index contributed by atoms with van der Waals surface area (Å²) >= 11 is 0. The lowest BCUT2D eigenvalue weighted by Gasteiger charge is -2.73. The van der Waals surface area contributed by atoms with E-state index in [-0.39, 0.29) is 17.5 Å². The summed E-state index contributed by atoms with van der Waals surface area (Å²) in [6, 6.07) is 0. The molecule has 0 aromatic heterocycles. The van der Waals surface area contributed by atoms with E-state index in [0.717, 1.165) is 47.8 Å². The van der Waals surface area contributed by atoms with E-state index in [9.17, 15) is 4.79 Å². The second-order valence-electron chi connectivity index (χ2n) is 10.8. The third kappa shape index (κ3) is 1.86. The molecular weight excluding hydrogens is 296 g/mol. The predicted octanol–water partition coefficient (Wildman–Crippen LogP) is 5.06. The molecule has 0 heterocycles. The van der Waals surface area contributed by atoms with Gasteiger partial charge in [-0.2, -0.15) is 0 Å². The van der Waals surface area contributed by atoms with Gasteiger partial charge in [-0.25, -0.2) is 0 Å². The molecule has 7 aliphatic carbocycles. The summed E-state index contributed by atoms with van der Waals surface area (Å²) in [5.41, 5.74) is -0.0264. The van der Waals surface area contributed by atoms with Gasteiger partial charge in [-0.15, -0.1) is 0 Å². The zero-order valence-electron chi connectivity index (χ0n) is 15.9. The largest absolute Gasteiger partial charge is 0.462 e. The van der Waals surface area contributed by atoms with Crippen molar-refractivity contribution in [2.45, 2.75) is 78.7 Å². The molecule has 24 heavy (non-hydrogen) atoms. The lowest BCUT2D eigenvalue weighted by atomic mass is 9.32. The predicted molar refractivity (Wildman–Crippen MR) is 94.2 cm³/mol. The Kier molecular flexibility index (Phi) is 3.14. The van der Waals surface area contributed by atoms with Crippen LogP contribution < -0.4 is 0 Å². The maximum Gasteiger partial charge on any atom is 0.311 e. The molecule has 0 spiro atoms. The Labute approximate surface area is 147 Å². The summed E-state index contributed by atoms with van der Waals surface area (Å²) in [6.45, 7) is 8.36. The molecule has 0 aromatic rings. The molecule has 0 aliphatic heterocycles. The van der Waals surface area contributed by atoms with Gasteiger partial charge in [-0.3, -0.25) is 4.79 Å². The van der Waals surface area contributed by atoms with Gasteiger partial charge in [0.15, 0.2) is 0 Å². The van der Waals surface area contributed by atoms with Crippen LogP contribution in [-0.4, -0.2) is 12.1 Å². The monoisotopic (exact) mass is 330 g/mol. The molecule has 0 aromatic carbocycles. The first kappa shape index (κ1) is 15.7. The second kappa shape index (κ2) is 4.80. The average molecular weight is 331 g/mol. The van der Waals surface area contributed by atoms with Crippen molar-refractivity contribution >= 4 is 5.97 Å². The van der Waals surface area contributed by atoms with E-state index in [1.807, 2.05) is 13.8 Å². The molecule has 8 bridgehead atoms. The molecule has 7 saturated carbocycles. The summed E-state index contributed by atoms with van der Waals surface area (Å²) in [6.07, 6.45) is 9.63. The smallest absolute Gasteiger partial charge is 0.311 e. The van der Waals surface area contributed by atoms with E-state index in [0.29, 0.717) is 5.41 Å². The Hall–Kier alpha value is -0.530. The lowest BCUT2D eigenvalue weighted by Crippen LogP contribution is -2.67. The first-order chi connectivity index (χ1) is 11.3. The number of carbonyl (C=O) groups is 1. The topological polar surface area (TPSA) is 26.3 Å². The van der Waals surface area contributed by atoms with Gasteiger partial charge in [0.25, 0.3) is 0 Å². The highest BCUT2D eigenvalue weighted by atomic mass is 16.5. The first-order valence-corrected chi connectivity index (χ1v) is 10.6.